The Kier molecular flexibility index (Phi) is 6.32. The van der Waals surface area contributed by atoms with Crippen molar-refractivity contribution in [2.75, 3.05) is 25.6 Å². The number of benzene rings is 1. The molecule has 2 rings (SSSR count). The van der Waals surface area contributed by atoms with Gasteiger partial charge < -0.3 is 14.8 Å². The molecule has 1 aromatic carbocycles. The smallest absolute Gasteiger partial charge is 0.230 e. The lowest BCUT2D eigenvalue weighted by Crippen LogP contribution is -2.32. The molecule has 0 saturated heterocycles. The number of nitrogens with one attached hydrogen (secondary N) is 1. The third-order valence-corrected chi connectivity index (χ3v) is 3.64. The van der Waals surface area contributed by atoms with Crippen molar-refractivity contribution in [1.29, 1.82) is 0 Å². The van der Waals surface area contributed by atoms with Crippen LogP contribution in [0.4, 0.5) is 5.69 Å². The van der Waals surface area contributed by atoms with Crippen LogP contribution >= 0.6 is 0 Å². The predicted octanol–water partition coefficient (Wildman–Crippen LogP) is 3.31. The molecule has 1 N–H and O–H groups in total. The Labute approximate surface area is 143 Å². The molecule has 0 unspecified atom stereocenters. The highest BCUT2D eigenvalue weighted by Crippen LogP contribution is 2.24. The van der Waals surface area contributed by atoms with Crippen LogP contribution in [0.2, 0.25) is 0 Å². The van der Waals surface area contributed by atoms with Crippen molar-refractivity contribution in [2.24, 2.45) is 5.41 Å². The van der Waals surface area contributed by atoms with Crippen molar-refractivity contribution in [2.45, 2.75) is 20.3 Å². The minimum absolute atomic E-state index is 0.0406. The number of anilines is 1. The van der Waals surface area contributed by atoms with Crippen LogP contribution in [0.1, 0.15) is 19.4 Å². The molecular weight excluding hydrogens is 304 g/mol. The quantitative estimate of drug-likeness (QED) is 0.755. The molecule has 0 aliphatic carbocycles. The number of carbonyl (C=O) groups excluding carboxylic acids is 1. The number of ether oxygens (including phenoxy) is 2. The van der Waals surface area contributed by atoms with Gasteiger partial charge in [-0.3, -0.25) is 4.79 Å². The van der Waals surface area contributed by atoms with Crippen molar-refractivity contribution in [1.82, 2.24) is 4.98 Å². The SMILES string of the molecule is COCCOc1ccc(NC(=O)C(C)(C)Cc2ccccc2)cn1. The average molecular weight is 328 g/mol. The van der Waals surface area contributed by atoms with E-state index in [9.17, 15) is 4.79 Å². The summed E-state index contributed by atoms with van der Waals surface area (Å²) in [7, 11) is 1.62. The standard InChI is InChI=1S/C19H24N2O3/c1-19(2,13-15-7-5-4-6-8-15)18(22)21-16-9-10-17(20-14-16)24-12-11-23-3/h4-10,14H,11-13H2,1-3H3,(H,21,22). The van der Waals surface area contributed by atoms with Crippen LogP contribution in [0.3, 0.4) is 0 Å². The average Bonchev–Trinajstić information content (AvgIpc) is 2.57. The maximum Gasteiger partial charge on any atom is 0.230 e. The van der Waals surface area contributed by atoms with Crippen LogP contribution in [-0.2, 0) is 16.0 Å². The number of hydrogen-bond donors (Lipinski definition) is 1. The second-order valence-corrected chi connectivity index (χ2v) is 6.23. The number of rotatable bonds is 8. The highest BCUT2D eigenvalue weighted by atomic mass is 16.5. The Balaban J connectivity index is 1.93. The molecule has 24 heavy (non-hydrogen) atoms. The lowest BCUT2D eigenvalue weighted by atomic mass is 9.85. The van der Waals surface area contributed by atoms with Gasteiger partial charge in [0.1, 0.15) is 6.61 Å². The molecule has 0 aliphatic heterocycles. The van der Waals surface area contributed by atoms with Gasteiger partial charge in [0, 0.05) is 18.6 Å². The first kappa shape index (κ1) is 17.9. The molecular formula is C19H24N2O3. The summed E-state index contributed by atoms with van der Waals surface area (Å²) in [5, 5.41) is 2.92. The maximum absolute atomic E-state index is 12.5. The molecule has 2 aromatic rings. The van der Waals surface area contributed by atoms with Gasteiger partial charge in [0.2, 0.25) is 11.8 Å². The summed E-state index contributed by atoms with van der Waals surface area (Å²) < 4.78 is 10.3. The Bertz CT molecular complexity index is 639. The predicted molar refractivity (Wildman–Crippen MR) is 94.2 cm³/mol. The number of aromatic nitrogens is 1. The van der Waals surface area contributed by atoms with E-state index < -0.39 is 5.41 Å². The monoisotopic (exact) mass is 328 g/mol. The summed E-state index contributed by atoms with van der Waals surface area (Å²) in [6.07, 6.45) is 2.27. The number of methoxy groups -OCH3 is 1. The van der Waals surface area contributed by atoms with E-state index in [1.54, 1.807) is 25.4 Å². The minimum atomic E-state index is -0.519. The molecule has 0 aliphatic rings. The van der Waals surface area contributed by atoms with Crippen LogP contribution in [0.5, 0.6) is 5.88 Å². The van der Waals surface area contributed by atoms with Gasteiger partial charge in [-0.2, -0.15) is 0 Å². The molecule has 0 spiro atoms. The van der Waals surface area contributed by atoms with Crippen molar-refractivity contribution in [3.63, 3.8) is 0 Å². The van der Waals surface area contributed by atoms with E-state index in [0.717, 1.165) is 5.56 Å². The Morgan fingerprint density at radius 3 is 2.50 bits per heavy atom. The van der Waals surface area contributed by atoms with E-state index in [1.165, 1.54) is 0 Å². The lowest BCUT2D eigenvalue weighted by Gasteiger charge is -2.23. The first-order valence-corrected chi connectivity index (χ1v) is 7.94. The summed E-state index contributed by atoms with van der Waals surface area (Å²) in [6, 6.07) is 13.5. The van der Waals surface area contributed by atoms with Crippen LogP contribution in [0, 0.1) is 5.41 Å². The molecule has 0 atom stereocenters. The van der Waals surface area contributed by atoms with Crippen LogP contribution in [0.15, 0.2) is 48.7 Å². The first-order chi connectivity index (χ1) is 11.5. The van der Waals surface area contributed by atoms with Crippen molar-refractivity contribution in [3.8, 4) is 5.88 Å². The van der Waals surface area contributed by atoms with E-state index in [1.807, 2.05) is 44.2 Å². The second-order valence-electron chi connectivity index (χ2n) is 6.23. The van der Waals surface area contributed by atoms with Gasteiger partial charge in [-0.05, 0) is 18.1 Å². The van der Waals surface area contributed by atoms with Gasteiger partial charge in [-0.15, -0.1) is 0 Å². The highest BCUT2D eigenvalue weighted by molar-refractivity contribution is 5.94. The van der Waals surface area contributed by atoms with Crippen LogP contribution in [-0.4, -0.2) is 31.2 Å². The Hall–Kier alpha value is -2.40. The van der Waals surface area contributed by atoms with E-state index in [-0.39, 0.29) is 5.91 Å². The van der Waals surface area contributed by atoms with Gasteiger partial charge in [-0.25, -0.2) is 4.98 Å². The van der Waals surface area contributed by atoms with Gasteiger partial charge >= 0.3 is 0 Å². The number of carbonyl (C=O) groups is 1. The molecule has 5 nitrogen and oxygen atoms in total. The topological polar surface area (TPSA) is 60.5 Å². The van der Waals surface area contributed by atoms with E-state index >= 15 is 0 Å². The van der Waals surface area contributed by atoms with Crippen LogP contribution in [0.25, 0.3) is 0 Å². The fourth-order valence-electron chi connectivity index (χ4n) is 2.26. The molecule has 1 aromatic heterocycles. The largest absolute Gasteiger partial charge is 0.475 e. The Morgan fingerprint density at radius 2 is 1.88 bits per heavy atom. The summed E-state index contributed by atoms with van der Waals surface area (Å²) in [4.78, 5) is 16.7. The van der Waals surface area contributed by atoms with Gasteiger partial charge in [0.25, 0.3) is 0 Å². The summed E-state index contributed by atoms with van der Waals surface area (Å²) in [5.74, 6) is 0.467. The molecule has 128 valence electrons. The van der Waals surface area contributed by atoms with E-state index in [2.05, 4.69) is 10.3 Å². The normalized spacial score (nSPS) is 11.1. The minimum Gasteiger partial charge on any atom is -0.475 e. The van der Waals surface area contributed by atoms with Crippen molar-refractivity contribution in [3.05, 3.63) is 54.2 Å². The van der Waals surface area contributed by atoms with Gasteiger partial charge in [0.15, 0.2) is 0 Å². The van der Waals surface area contributed by atoms with Crippen molar-refractivity contribution < 1.29 is 14.3 Å². The first-order valence-electron chi connectivity index (χ1n) is 7.94. The zero-order valence-corrected chi connectivity index (χ0v) is 14.4. The lowest BCUT2D eigenvalue weighted by molar-refractivity contribution is -0.123. The van der Waals surface area contributed by atoms with Crippen molar-refractivity contribution >= 4 is 11.6 Å². The molecule has 0 fully saturated rings. The molecule has 1 amide bonds. The van der Waals surface area contributed by atoms with E-state index in [4.69, 9.17) is 9.47 Å². The number of hydrogen-bond acceptors (Lipinski definition) is 4. The van der Waals surface area contributed by atoms with Crippen LogP contribution < -0.4 is 10.1 Å². The maximum atomic E-state index is 12.5. The molecule has 0 saturated carbocycles. The molecule has 5 heteroatoms. The van der Waals surface area contributed by atoms with Gasteiger partial charge in [0.05, 0.1) is 18.5 Å². The number of nitrogens with zero attached hydrogens (tertiary/aromatic N) is 1. The zero-order chi connectivity index (χ0) is 17.4. The fourth-order valence-corrected chi connectivity index (χ4v) is 2.26. The van der Waals surface area contributed by atoms with E-state index in [0.29, 0.717) is 31.2 Å². The zero-order valence-electron chi connectivity index (χ0n) is 14.4. The third-order valence-electron chi connectivity index (χ3n) is 3.64. The Morgan fingerprint density at radius 1 is 1.12 bits per heavy atom. The summed E-state index contributed by atoms with van der Waals surface area (Å²) in [6.45, 7) is 4.82. The molecule has 1 heterocycles. The van der Waals surface area contributed by atoms with Gasteiger partial charge in [-0.1, -0.05) is 44.2 Å². The summed E-state index contributed by atoms with van der Waals surface area (Å²) >= 11 is 0. The third kappa shape index (κ3) is 5.35. The molecule has 0 radical (unpaired) electrons. The number of amides is 1. The highest BCUT2D eigenvalue weighted by Gasteiger charge is 2.28. The number of pyridine rings is 1. The molecule has 0 bridgehead atoms. The fraction of sp³-hybridized carbons (Fsp3) is 0.368. The second kappa shape index (κ2) is 8.45. The summed E-state index contributed by atoms with van der Waals surface area (Å²) in [5.41, 5.74) is 1.27.